The molecule has 3 heterocycles. The fourth-order valence-corrected chi connectivity index (χ4v) is 5.61. The standard InChI is InChI=1S/C22H26N4O4/c23-22-8-2-1-3-14(22)11-25(12-22)10-13-4-5-15-16(9-13)21(30)26(20(15)29)17-6-7-18(27)24-19(17)28/h4-5,9,14,17H,1-3,6-8,10-12,23H2,(H,24,27,28)/t14-,17?,22-/m1/s1. The first-order valence-electron chi connectivity index (χ1n) is 10.7. The number of hydrogen-bond donors (Lipinski definition) is 2. The number of carbonyl (C=O) groups excluding carboxylic acids is 4. The number of fused-ring (bicyclic) bond motifs is 2. The van der Waals surface area contributed by atoms with Gasteiger partial charge in [-0.2, -0.15) is 0 Å². The molecule has 3 N–H and O–H groups in total. The van der Waals surface area contributed by atoms with Crippen LogP contribution in [0.2, 0.25) is 0 Å². The van der Waals surface area contributed by atoms with Gasteiger partial charge in [0.1, 0.15) is 6.04 Å². The average Bonchev–Trinajstić information content (AvgIpc) is 3.16. The minimum Gasteiger partial charge on any atom is -0.324 e. The van der Waals surface area contributed by atoms with Crippen LogP contribution in [-0.4, -0.2) is 58.1 Å². The highest BCUT2D eigenvalue weighted by atomic mass is 16.2. The Morgan fingerprint density at radius 2 is 1.87 bits per heavy atom. The highest BCUT2D eigenvalue weighted by Gasteiger charge is 2.46. The Morgan fingerprint density at radius 1 is 1.07 bits per heavy atom. The summed E-state index contributed by atoms with van der Waals surface area (Å²) in [6.07, 6.45) is 4.94. The van der Waals surface area contributed by atoms with Crippen LogP contribution < -0.4 is 11.1 Å². The summed E-state index contributed by atoms with van der Waals surface area (Å²) in [5, 5.41) is 2.22. The number of nitrogens with two attached hydrogens (primary N) is 1. The first kappa shape index (κ1) is 19.4. The van der Waals surface area contributed by atoms with E-state index in [9.17, 15) is 19.2 Å². The Bertz CT molecular complexity index is 960. The summed E-state index contributed by atoms with van der Waals surface area (Å²) in [6.45, 7) is 2.50. The minimum atomic E-state index is -0.933. The van der Waals surface area contributed by atoms with Crippen molar-refractivity contribution < 1.29 is 19.2 Å². The fraction of sp³-hybridized carbons (Fsp3) is 0.545. The zero-order valence-corrected chi connectivity index (χ0v) is 16.9. The molecule has 4 aliphatic rings. The average molecular weight is 410 g/mol. The van der Waals surface area contributed by atoms with Gasteiger partial charge in [-0.05, 0) is 42.9 Å². The minimum absolute atomic E-state index is 0.108. The van der Waals surface area contributed by atoms with E-state index in [1.54, 1.807) is 12.1 Å². The van der Waals surface area contributed by atoms with Gasteiger partial charge in [0, 0.05) is 31.6 Å². The van der Waals surface area contributed by atoms with Gasteiger partial charge in [-0.15, -0.1) is 0 Å². The van der Waals surface area contributed by atoms with Crippen LogP contribution in [0, 0.1) is 5.92 Å². The van der Waals surface area contributed by atoms with Crippen molar-refractivity contribution in [3.63, 3.8) is 0 Å². The lowest BCUT2D eigenvalue weighted by molar-refractivity contribution is -0.136. The van der Waals surface area contributed by atoms with Crippen molar-refractivity contribution in [2.45, 2.75) is 56.7 Å². The molecule has 0 spiro atoms. The third kappa shape index (κ3) is 3.06. The lowest BCUT2D eigenvalue weighted by Gasteiger charge is -2.34. The van der Waals surface area contributed by atoms with Gasteiger partial charge in [-0.25, -0.2) is 0 Å². The molecule has 5 rings (SSSR count). The molecule has 4 amide bonds. The monoisotopic (exact) mass is 410 g/mol. The van der Waals surface area contributed by atoms with Gasteiger partial charge in [0.2, 0.25) is 11.8 Å². The van der Waals surface area contributed by atoms with Gasteiger partial charge >= 0.3 is 0 Å². The number of nitrogens with one attached hydrogen (secondary N) is 1. The van der Waals surface area contributed by atoms with E-state index in [-0.39, 0.29) is 24.3 Å². The molecule has 1 unspecified atom stereocenters. The normalized spacial score (nSPS) is 31.7. The van der Waals surface area contributed by atoms with E-state index in [1.165, 1.54) is 19.3 Å². The van der Waals surface area contributed by atoms with Crippen LogP contribution in [0.1, 0.15) is 64.8 Å². The van der Waals surface area contributed by atoms with Gasteiger partial charge in [0.05, 0.1) is 11.1 Å². The molecule has 0 aromatic heterocycles. The van der Waals surface area contributed by atoms with Crippen molar-refractivity contribution in [3.8, 4) is 0 Å². The predicted molar refractivity (Wildman–Crippen MR) is 107 cm³/mol. The van der Waals surface area contributed by atoms with E-state index in [0.29, 0.717) is 23.6 Å². The molecule has 1 saturated carbocycles. The third-order valence-corrected chi connectivity index (χ3v) is 7.16. The molecular weight excluding hydrogens is 384 g/mol. The largest absolute Gasteiger partial charge is 0.324 e. The van der Waals surface area contributed by atoms with E-state index < -0.39 is 23.8 Å². The first-order chi connectivity index (χ1) is 14.4. The molecule has 0 radical (unpaired) electrons. The molecule has 3 atom stereocenters. The number of carbonyl (C=O) groups is 4. The van der Waals surface area contributed by atoms with Gasteiger partial charge in [0.15, 0.2) is 0 Å². The highest BCUT2D eigenvalue weighted by molar-refractivity contribution is 6.23. The number of amides is 4. The van der Waals surface area contributed by atoms with Crippen LogP contribution in [-0.2, 0) is 16.1 Å². The number of likely N-dealkylation sites (tertiary alicyclic amines) is 1. The molecule has 2 saturated heterocycles. The van der Waals surface area contributed by atoms with Gasteiger partial charge in [0.25, 0.3) is 11.8 Å². The SMILES string of the molecule is N[C@@]12CCCC[C@@H]1CN(Cc1ccc3c(c1)C(=O)N(C1CCC(=O)NC1=O)C3=O)C2. The van der Waals surface area contributed by atoms with E-state index in [1.807, 2.05) is 6.07 Å². The fourth-order valence-electron chi connectivity index (χ4n) is 5.61. The number of benzene rings is 1. The van der Waals surface area contributed by atoms with Crippen molar-refractivity contribution in [2.24, 2.45) is 11.7 Å². The lowest BCUT2D eigenvalue weighted by Crippen LogP contribution is -2.54. The predicted octanol–water partition coefficient (Wildman–Crippen LogP) is 0.791. The Kier molecular flexibility index (Phi) is 4.52. The number of nitrogens with zero attached hydrogens (tertiary/aromatic N) is 2. The molecule has 8 nitrogen and oxygen atoms in total. The molecular formula is C22H26N4O4. The molecule has 1 aliphatic carbocycles. The van der Waals surface area contributed by atoms with Crippen LogP contribution in [0.5, 0.6) is 0 Å². The van der Waals surface area contributed by atoms with Crippen molar-refractivity contribution in [1.29, 1.82) is 0 Å². The summed E-state index contributed by atoms with van der Waals surface area (Å²) in [5.41, 5.74) is 8.16. The second-order valence-electron chi connectivity index (χ2n) is 9.17. The lowest BCUT2D eigenvalue weighted by atomic mass is 9.76. The van der Waals surface area contributed by atoms with E-state index >= 15 is 0 Å². The number of hydrogen-bond acceptors (Lipinski definition) is 6. The van der Waals surface area contributed by atoms with E-state index in [2.05, 4.69) is 10.2 Å². The van der Waals surface area contributed by atoms with E-state index in [0.717, 1.165) is 30.0 Å². The second kappa shape index (κ2) is 6.99. The van der Waals surface area contributed by atoms with Crippen molar-refractivity contribution in [3.05, 3.63) is 34.9 Å². The second-order valence-corrected chi connectivity index (χ2v) is 9.17. The zero-order valence-electron chi connectivity index (χ0n) is 16.9. The highest BCUT2D eigenvalue weighted by Crippen LogP contribution is 2.38. The molecule has 3 aliphatic heterocycles. The maximum atomic E-state index is 13.0. The quantitative estimate of drug-likeness (QED) is 0.713. The molecule has 158 valence electrons. The summed E-state index contributed by atoms with van der Waals surface area (Å²) in [6, 6.07) is 4.39. The third-order valence-electron chi connectivity index (χ3n) is 7.16. The molecule has 8 heteroatoms. The molecule has 3 fully saturated rings. The molecule has 1 aromatic carbocycles. The Morgan fingerprint density at radius 3 is 2.63 bits per heavy atom. The summed E-state index contributed by atoms with van der Waals surface area (Å²) in [4.78, 5) is 52.7. The van der Waals surface area contributed by atoms with E-state index in [4.69, 9.17) is 5.73 Å². The smallest absolute Gasteiger partial charge is 0.262 e. The maximum Gasteiger partial charge on any atom is 0.262 e. The summed E-state index contributed by atoms with van der Waals surface area (Å²) in [7, 11) is 0. The molecule has 1 aromatic rings. The van der Waals surface area contributed by atoms with Crippen molar-refractivity contribution >= 4 is 23.6 Å². The Balaban J connectivity index is 1.34. The van der Waals surface area contributed by atoms with Crippen LogP contribution in [0.4, 0.5) is 0 Å². The molecule has 30 heavy (non-hydrogen) atoms. The van der Waals surface area contributed by atoms with Gasteiger partial charge in [-0.3, -0.25) is 34.3 Å². The van der Waals surface area contributed by atoms with Gasteiger partial charge in [-0.1, -0.05) is 18.9 Å². The van der Waals surface area contributed by atoms with Crippen LogP contribution in [0.25, 0.3) is 0 Å². The number of piperidine rings is 1. The van der Waals surface area contributed by atoms with Crippen LogP contribution in [0.15, 0.2) is 18.2 Å². The first-order valence-corrected chi connectivity index (χ1v) is 10.7. The number of imide groups is 2. The van der Waals surface area contributed by atoms with Crippen molar-refractivity contribution in [2.75, 3.05) is 13.1 Å². The van der Waals surface area contributed by atoms with Crippen molar-refractivity contribution in [1.82, 2.24) is 15.1 Å². The zero-order chi connectivity index (χ0) is 21.0. The van der Waals surface area contributed by atoms with Crippen LogP contribution >= 0.6 is 0 Å². The Hall–Kier alpha value is -2.58. The van der Waals surface area contributed by atoms with Gasteiger partial charge < -0.3 is 5.73 Å². The topological polar surface area (TPSA) is 113 Å². The Labute approximate surface area is 174 Å². The number of rotatable bonds is 3. The summed E-state index contributed by atoms with van der Waals surface area (Å²) >= 11 is 0. The maximum absolute atomic E-state index is 13.0. The summed E-state index contributed by atoms with van der Waals surface area (Å²) in [5.74, 6) is -1.37. The summed E-state index contributed by atoms with van der Waals surface area (Å²) < 4.78 is 0. The molecule has 0 bridgehead atoms. The van der Waals surface area contributed by atoms with Crippen LogP contribution in [0.3, 0.4) is 0 Å².